The second kappa shape index (κ2) is 9.91. The fourth-order valence-electron chi connectivity index (χ4n) is 3.31. The third-order valence-corrected chi connectivity index (χ3v) is 5.08. The van der Waals surface area contributed by atoms with Crippen molar-refractivity contribution in [3.05, 3.63) is 99.1 Å². The Morgan fingerprint density at radius 2 is 1.86 bits per heavy atom. The number of nitro groups is 1. The fraction of sp³-hybridized carbons (Fsp3) is 0.125. The second-order valence-electron chi connectivity index (χ2n) is 7.39. The Bertz CT molecular complexity index is 1330. The van der Waals surface area contributed by atoms with E-state index in [1.165, 1.54) is 37.5 Å². The number of ether oxygens (including phenoxy) is 2. The van der Waals surface area contributed by atoms with Gasteiger partial charge in [0.05, 0.1) is 18.6 Å². The van der Waals surface area contributed by atoms with Crippen LogP contribution in [0.15, 0.2) is 70.8 Å². The molecule has 4 rings (SSSR count). The van der Waals surface area contributed by atoms with Crippen LogP contribution >= 0.6 is 0 Å². The molecule has 35 heavy (non-hydrogen) atoms. The summed E-state index contributed by atoms with van der Waals surface area (Å²) in [5, 5.41) is 13.3. The van der Waals surface area contributed by atoms with Gasteiger partial charge in [-0.15, -0.1) is 0 Å². The van der Waals surface area contributed by atoms with E-state index < -0.39 is 22.8 Å². The summed E-state index contributed by atoms with van der Waals surface area (Å²) in [4.78, 5) is 48.1. The van der Waals surface area contributed by atoms with Crippen LogP contribution in [-0.2, 0) is 22.7 Å². The van der Waals surface area contributed by atoms with Gasteiger partial charge in [-0.1, -0.05) is 18.2 Å². The van der Waals surface area contributed by atoms with Crippen molar-refractivity contribution < 1.29 is 33.2 Å². The van der Waals surface area contributed by atoms with Crippen LogP contribution < -0.4 is 10.1 Å². The third-order valence-electron chi connectivity index (χ3n) is 5.08. The number of carbonyl (C=O) groups excluding carboxylic acids is 3. The second-order valence-corrected chi connectivity index (χ2v) is 7.39. The molecule has 0 unspecified atom stereocenters. The van der Waals surface area contributed by atoms with Gasteiger partial charge in [0.15, 0.2) is 0 Å². The van der Waals surface area contributed by atoms with E-state index >= 15 is 0 Å². The molecule has 1 N–H and O–H groups in total. The summed E-state index contributed by atoms with van der Waals surface area (Å²) in [6, 6.07) is 15.1. The Balaban J connectivity index is 1.47. The van der Waals surface area contributed by atoms with E-state index in [0.29, 0.717) is 11.3 Å². The molecule has 178 valence electrons. The number of nitrogens with one attached hydrogen (secondary N) is 1. The van der Waals surface area contributed by atoms with Crippen LogP contribution in [0, 0.1) is 10.1 Å². The molecule has 3 amide bonds. The number of para-hydroxylation sites is 1. The first kappa shape index (κ1) is 23.2. The molecule has 1 aliphatic heterocycles. The summed E-state index contributed by atoms with van der Waals surface area (Å²) in [7, 11) is 1.21. The van der Waals surface area contributed by atoms with E-state index in [0.717, 1.165) is 10.5 Å². The number of benzene rings is 2. The first-order chi connectivity index (χ1) is 16.9. The summed E-state index contributed by atoms with van der Waals surface area (Å²) in [5.74, 6) is -0.588. The minimum absolute atomic E-state index is 0.0185. The van der Waals surface area contributed by atoms with Crippen molar-refractivity contribution in [3.8, 4) is 5.75 Å². The molecule has 11 nitrogen and oxygen atoms in total. The molecule has 1 saturated heterocycles. The van der Waals surface area contributed by atoms with Crippen molar-refractivity contribution in [2.24, 2.45) is 0 Å². The number of amides is 3. The molecule has 1 fully saturated rings. The number of carbonyl (C=O) groups is 3. The van der Waals surface area contributed by atoms with Crippen LogP contribution in [0.5, 0.6) is 5.75 Å². The van der Waals surface area contributed by atoms with Gasteiger partial charge in [-0.3, -0.25) is 19.8 Å². The Labute approximate surface area is 198 Å². The summed E-state index contributed by atoms with van der Waals surface area (Å²) in [5.41, 5.74) is 1.29. The van der Waals surface area contributed by atoms with E-state index in [4.69, 9.17) is 9.15 Å². The van der Waals surface area contributed by atoms with Crippen molar-refractivity contribution in [1.29, 1.82) is 0 Å². The number of hydrogen-bond donors (Lipinski definition) is 1. The molecular formula is C24H19N3O8. The standard InChI is InChI=1S/C24H19N3O8/c1-33-23(29)21-11-10-18(35-21)13-26-22(28)19(25-24(26)30)12-16-4-2-3-5-20(16)34-14-15-6-8-17(9-7-15)27(31)32/h2-12H,13-14H2,1H3,(H,25,30)/b19-12-. The summed E-state index contributed by atoms with van der Waals surface area (Å²) in [6.07, 6.45) is 1.49. The lowest BCUT2D eigenvalue weighted by Crippen LogP contribution is -2.30. The first-order valence-corrected chi connectivity index (χ1v) is 10.3. The van der Waals surface area contributed by atoms with Gasteiger partial charge in [0.2, 0.25) is 5.76 Å². The number of nitro benzene ring substituents is 1. The van der Waals surface area contributed by atoms with Gasteiger partial charge in [-0.25, -0.2) is 9.59 Å². The van der Waals surface area contributed by atoms with Crippen molar-refractivity contribution in [2.75, 3.05) is 7.11 Å². The van der Waals surface area contributed by atoms with Gasteiger partial charge in [-0.2, -0.15) is 0 Å². The van der Waals surface area contributed by atoms with Crippen molar-refractivity contribution >= 4 is 29.7 Å². The molecule has 1 aliphatic rings. The van der Waals surface area contributed by atoms with Crippen LogP contribution in [0.4, 0.5) is 10.5 Å². The number of imide groups is 1. The SMILES string of the molecule is COC(=O)c1ccc(CN2C(=O)N/C(=C\c3ccccc3OCc3ccc([N+](=O)[O-])cc3)C2=O)o1. The highest BCUT2D eigenvalue weighted by Crippen LogP contribution is 2.25. The van der Waals surface area contributed by atoms with Crippen molar-refractivity contribution in [3.63, 3.8) is 0 Å². The summed E-state index contributed by atoms with van der Waals surface area (Å²) >= 11 is 0. The monoisotopic (exact) mass is 477 g/mol. The Hall–Kier alpha value is -4.93. The van der Waals surface area contributed by atoms with Crippen LogP contribution in [0.25, 0.3) is 6.08 Å². The van der Waals surface area contributed by atoms with Gasteiger partial charge < -0.3 is 19.2 Å². The van der Waals surface area contributed by atoms with Crippen LogP contribution in [0.3, 0.4) is 0 Å². The van der Waals surface area contributed by atoms with Crippen LogP contribution in [-0.4, -0.2) is 34.8 Å². The van der Waals surface area contributed by atoms with Gasteiger partial charge in [0, 0.05) is 17.7 Å². The Kier molecular flexibility index (Phi) is 6.58. The minimum Gasteiger partial charge on any atom is -0.488 e. The number of urea groups is 1. The zero-order valence-corrected chi connectivity index (χ0v) is 18.4. The number of methoxy groups -OCH3 is 1. The van der Waals surface area contributed by atoms with Gasteiger partial charge in [-0.05, 0) is 42.0 Å². The molecular weight excluding hydrogens is 458 g/mol. The zero-order valence-electron chi connectivity index (χ0n) is 18.4. The molecule has 11 heteroatoms. The number of hydrogen-bond acceptors (Lipinski definition) is 8. The average molecular weight is 477 g/mol. The molecule has 3 aromatic rings. The van der Waals surface area contributed by atoms with Crippen LogP contribution in [0.2, 0.25) is 0 Å². The maximum absolute atomic E-state index is 12.8. The highest BCUT2D eigenvalue weighted by molar-refractivity contribution is 6.14. The quantitative estimate of drug-likeness (QED) is 0.170. The lowest BCUT2D eigenvalue weighted by atomic mass is 10.1. The number of furan rings is 1. The Morgan fingerprint density at radius 3 is 2.57 bits per heavy atom. The average Bonchev–Trinajstić information content (AvgIpc) is 3.43. The molecule has 0 bridgehead atoms. The molecule has 0 aliphatic carbocycles. The summed E-state index contributed by atoms with van der Waals surface area (Å²) in [6.45, 7) is -0.0249. The van der Waals surface area contributed by atoms with Crippen molar-refractivity contribution in [1.82, 2.24) is 10.2 Å². The van der Waals surface area contributed by atoms with E-state index in [1.54, 1.807) is 36.4 Å². The molecule has 2 aromatic carbocycles. The maximum Gasteiger partial charge on any atom is 0.373 e. The van der Waals surface area contributed by atoms with Gasteiger partial charge >= 0.3 is 12.0 Å². The highest BCUT2D eigenvalue weighted by atomic mass is 16.6. The smallest absolute Gasteiger partial charge is 0.373 e. The van der Waals surface area contributed by atoms with E-state index in [2.05, 4.69) is 10.1 Å². The Morgan fingerprint density at radius 1 is 1.11 bits per heavy atom. The minimum atomic E-state index is -0.667. The predicted molar refractivity (Wildman–Crippen MR) is 121 cm³/mol. The zero-order chi connectivity index (χ0) is 24.9. The predicted octanol–water partition coefficient (Wildman–Crippen LogP) is 3.65. The molecule has 0 radical (unpaired) electrons. The lowest BCUT2D eigenvalue weighted by molar-refractivity contribution is -0.384. The number of nitrogens with zero attached hydrogens (tertiary/aromatic N) is 2. The molecule has 1 aromatic heterocycles. The van der Waals surface area contributed by atoms with E-state index in [1.807, 2.05) is 0 Å². The molecule has 2 heterocycles. The normalized spacial score (nSPS) is 14.2. The number of rotatable bonds is 8. The van der Waals surface area contributed by atoms with Crippen molar-refractivity contribution in [2.45, 2.75) is 13.2 Å². The number of non-ortho nitro benzene ring substituents is 1. The summed E-state index contributed by atoms with van der Waals surface area (Å²) < 4.78 is 15.8. The number of esters is 1. The van der Waals surface area contributed by atoms with E-state index in [9.17, 15) is 24.5 Å². The molecule has 0 spiro atoms. The third kappa shape index (κ3) is 5.19. The highest BCUT2D eigenvalue weighted by Gasteiger charge is 2.34. The van der Waals surface area contributed by atoms with Gasteiger partial charge in [0.25, 0.3) is 11.6 Å². The molecule has 0 saturated carbocycles. The van der Waals surface area contributed by atoms with Gasteiger partial charge in [0.1, 0.15) is 23.8 Å². The topological polar surface area (TPSA) is 141 Å². The lowest BCUT2D eigenvalue weighted by Gasteiger charge is -2.10. The maximum atomic E-state index is 12.8. The fourth-order valence-corrected chi connectivity index (χ4v) is 3.31. The van der Waals surface area contributed by atoms with E-state index in [-0.39, 0.29) is 36.1 Å². The first-order valence-electron chi connectivity index (χ1n) is 10.3. The molecule has 0 atom stereocenters. The van der Waals surface area contributed by atoms with Crippen LogP contribution in [0.1, 0.15) is 27.4 Å². The largest absolute Gasteiger partial charge is 0.488 e.